The Bertz CT molecular complexity index is 679. The van der Waals surface area contributed by atoms with Crippen molar-refractivity contribution in [2.24, 2.45) is 0 Å². The largest absolute Gasteiger partial charge is 0.309 e. The van der Waals surface area contributed by atoms with Gasteiger partial charge in [-0.2, -0.15) is 0 Å². The first-order chi connectivity index (χ1) is 9.33. The average Bonchev–Trinajstić information content (AvgIpc) is 2.88. The lowest BCUT2D eigenvalue weighted by Crippen LogP contribution is -2.01. The van der Waals surface area contributed by atoms with E-state index in [0.29, 0.717) is 6.54 Å². The highest BCUT2D eigenvalue weighted by atomic mass is 35.5. The minimum absolute atomic E-state index is 0.686. The van der Waals surface area contributed by atoms with E-state index in [4.69, 9.17) is 11.6 Å². The molecule has 0 unspecified atom stereocenters. The monoisotopic (exact) mass is 270 g/mol. The van der Waals surface area contributed by atoms with Crippen LogP contribution in [-0.4, -0.2) is 19.7 Å². The normalized spacial score (nSPS) is 10.6. The molecule has 0 spiro atoms. The third-order valence-corrected chi connectivity index (χ3v) is 3.03. The third-order valence-electron chi connectivity index (χ3n) is 2.80. The first-order valence-corrected chi connectivity index (χ1v) is 6.23. The highest BCUT2D eigenvalue weighted by Crippen LogP contribution is 2.17. The molecule has 2 heterocycles. The molecule has 3 rings (SSSR count). The zero-order valence-electron chi connectivity index (χ0n) is 10.1. The van der Waals surface area contributed by atoms with Gasteiger partial charge in [-0.3, -0.25) is 4.98 Å². The number of aromatic nitrogens is 4. The lowest BCUT2D eigenvalue weighted by atomic mass is 10.2. The molecule has 5 heteroatoms. The summed E-state index contributed by atoms with van der Waals surface area (Å²) in [5.74, 6) is 0.822. The van der Waals surface area contributed by atoms with E-state index >= 15 is 0 Å². The lowest BCUT2D eigenvalue weighted by Gasteiger charge is -2.06. The molecule has 94 valence electrons. The summed E-state index contributed by atoms with van der Waals surface area (Å²) in [7, 11) is 0. The van der Waals surface area contributed by atoms with Crippen LogP contribution in [0.4, 0.5) is 0 Å². The van der Waals surface area contributed by atoms with Crippen molar-refractivity contribution >= 4 is 11.6 Å². The fraction of sp³-hybridized carbons (Fsp3) is 0.0714. The molecular weight excluding hydrogens is 260 g/mol. The summed E-state index contributed by atoms with van der Waals surface area (Å²) in [5, 5.41) is 8.87. The molecule has 0 saturated carbocycles. The van der Waals surface area contributed by atoms with Crippen molar-refractivity contribution in [1.82, 2.24) is 19.7 Å². The molecule has 0 aliphatic carbocycles. The van der Waals surface area contributed by atoms with E-state index in [1.54, 1.807) is 18.7 Å². The molecule has 0 bridgehead atoms. The number of pyridine rings is 1. The minimum Gasteiger partial charge on any atom is -0.309 e. The van der Waals surface area contributed by atoms with Crippen LogP contribution in [0.5, 0.6) is 0 Å². The molecule has 19 heavy (non-hydrogen) atoms. The topological polar surface area (TPSA) is 43.6 Å². The Morgan fingerprint density at radius 2 is 1.95 bits per heavy atom. The number of hydrogen-bond donors (Lipinski definition) is 0. The maximum absolute atomic E-state index is 5.99. The fourth-order valence-corrected chi connectivity index (χ4v) is 2.14. The molecule has 4 nitrogen and oxygen atoms in total. The van der Waals surface area contributed by atoms with E-state index in [9.17, 15) is 0 Å². The number of nitrogens with zero attached hydrogens (tertiary/aromatic N) is 4. The molecule has 0 fully saturated rings. The number of rotatable bonds is 3. The van der Waals surface area contributed by atoms with Gasteiger partial charge in [0.05, 0.1) is 6.54 Å². The van der Waals surface area contributed by atoms with Gasteiger partial charge in [-0.1, -0.05) is 23.7 Å². The predicted molar refractivity (Wildman–Crippen MR) is 73.8 cm³/mol. The van der Waals surface area contributed by atoms with E-state index < -0.39 is 0 Å². The summed E-state index contributed by atoms with van der Waals surface area (Å²) >= 11 is 5.99. The molecule has 0 amide bonds. The standard InChI is InChI=1S/C14H11ClN4/c15-13-3-1-2-11(8-13)9-19-10-17-18-14(19)12-4-6-16-7-5-12/h1-8,10H,9H2. The van der Waals surface area contributed by atoms with Gasteiger partial charge in [0.25, 0.3) is 0 Å². The average molecular weight is 271 g/mol. The smallest absolute Gasteiger partial charge is 0.164 e. The van der Waals surface area contributed by atoms with Crippen molar-refractivity contribution in [3.63, 3.8) is 0 Å². The van der Waals surface area contributed by atoms with Crippen LogP contribution in [0, 0.1) is 0 Å². The SMILES string of the molecule is Clc1cccc(Cn2cnnc2-c2ccncc2)c1. The van der Waals surface area contributed by atoms with Crippen molar-refractivity contribution in [1.29, 1.82) is 0 Å². The molecule has 0 aliphatic heterocycles. The van der Waals surface area contributed by atoms with Crippen LogP contribution >= 0.6 is 11.6 Å². The second-order valence-electron chi connectivity index (χ2n) is 4.15. The second kappa shape index (κ2) is 5.20. The number of hydrogen-bond acceptors (Lipinski definition) is 3. The van der Waals surface area contributed by atoms with Gasteiger partial charge in [0.1, 0.15) is 6.33 Å². The van der Waals surface area contributed by atoms with E-state index in [1.807, 2.05) is 41.0 Å². The highest BCUT2D eigenvalue weighted by Gasteiger charge is 2.07. The van der Waals surface area contributed by atoms with Crippen LogP contribution in [0.1, 0.15) is 5.56 Å². The predicted octanol–water partition coefficient (Wildman–Crippen LogP) is 3.04. The van der Waals surface area contributed by atoms with Crippen molar-refractivity contribution in [2.75, 3.05) is 0 Å². The van der Waals surface area contributed by atoms with E-state index in [-0.39, 0.29) is 0 Å². The number of halogens is 1. The van der Waals surface area contributed by atoms with Gasteiger partial charge in [0, 0.05) is 23.0 Å². The van der Waals surface area contributed by atoms with Crippen molar-refractivity contribution in [2.45, 2.75) is 6.54 Å². The van der Waals surface area contributed by atoms with Gasteiger partial charge < -0.3 is 4.57 Å². The molecule has 0 saturated heterocycles. The van der Waals surface area contributed by atoms with Gasteiger partial charge in [-0.25, -0.2) is 0 Å². The third kappa shape index (κ3) is 2.63. The molecule has 1 aromatic carbocycles. The molecule has 2 aromatic heterocycles. The zero-order chi connectivity index (χ0) is 13.1. The molecular formula is C14H11ClN4. The van der Waals surface area contributed by atoms with E-state index in [1.165, 1.54) is 0 Å². The summed E-state index contributed by atoms with van der Waals surface area (Å²) < 4.78 is 1.99. The maximum Gasteiger partial charge on any atom is 0.164 e. The highest BCUT2D eigenvalue weighted by molar-refractivity contribution is 6.30. The van der Waals surface area contributed by atoms with Crippen LogP contribution < -0.4 is 0 Å². The zero-order valence-corrected chi connectivity index (χ0v) is 10.8. The lowest BCUT2D eigenvalue weighted by molar-refractivity contribution is 0.803. The maximum atomic E-state index is 5.99. The van der Waals surface area contributed by atoms with Gasteiger partial charge in [-0.15, -0.1) is 10.2 Å². The van der Waals surface area contributed by atoms with Gasteiger partial charge in [0.2, 0.25) is 0 Å². The Kier molecular flexibility index (Phi) is 3.25. The molecule has 0 radical (unpaired) electrons. The first kappa shape index (κ1) is 11.9. The quantitative estimate of drug-likeness (QED) is 0.735. The Hall–Kier alpha value is -2.20. The van der Waals surface area contributed by atoms with Gasteiger partial charge in [-0.05, 0) is 29.8 Å². The van der Waals surface area contributed by atoms with E-state index in [0.717, 1.165) is 22.0 Å². The van der Waals surface area contributed by atoms with E-state index in [2.05, 4.69) is 15.2 Å². The molecule has 3 aromatic rings. The Labute approximate surface area is 115 Å². The van der Waals surface area contributed by atoms with Crippen molar-refractivity contribution in [3.05, 3.63) is 65.7 Å². The fourth-order valence-electron chi connectivity index (χ4n) is 1.93. The Morgan fingerprint density at radius 1 is 1.11 bits per heavy atom. The molecule has 0 aliphatic rings. The van der Waals surface area contributed by atoms with Crippen molar-refractivity contribution in [3.8, 4) is 11.4 Å². The number of benzene rings is 1. The second-order valence-corrected chi connectivity index (χ2v) is 4.58. The van der Waals surface area contributed by atoms with Crippen LogP contribution in [0.2, 0.25) is 5.02 Å². The Balaban J connectivity index is 1.93. The van der Waals surface area contributed by atoms with Gasteiger partial charge >= 0.3 is 0 Å². The summed E-state index contributed by atoms with van der Waals surface area (Å²) in [5.41, 5.74) is 2.11. The summed E-state index contributed by atoms with van der Waals surface area (Å²) in [6.07, 6.45) is 5.21. The summed E-state index contributed by atoms with van der Waals surface area (Å²) in [4.78, 5) is 4.01. The van der Waals surface area contributed by atoms with Crippen LogP contribution in [0.25, 0.3) is 11.4 Å². The first-order valence-electron chi connectivity index (χ1n) is 5.85. The minimum atomic E-state index is 0.686. The van der Waals surface area contributed by atoms with Crippen LogP contribution in [0.3, 0.4) is 0 Å². The summed E-state index contributed by atoms with van der Waals surface area (Å²) in [6.45, 7) is 0.686. The molecule has 0 N–H and O–H groups in total. The summed E-state index contributed by atoms with van der Waals surface area (Å²) in [6, 6.07) is 11.6. The Morgan fingerprint density at radius 3 is 2.74 bits per heavy atom. The van der Waals surface area contributed by atoms with Crippen LogP contribution in [0.15, 0.2) is 55.1 Å². The van der Waals surface area contributed by atoms with Gasteiger partial charge in [0.15, 0.2) is 5.82 Å². The molecule has 0 atom stereocenters. The van der Waals surface area contributed by atoms with Crippen LogP contribution in [-0.2, 0) is 6.54 Å². The van der Waals surface area contributed by atoms with Crippen molar-refractivity contribution < 1.29 is 0 Å².